The van der Waals surface area contributed by atoms with Gasteiger partial charge in [-0.3, -0.25) is 14.8 Å². The molecule has 1 heterocycles. The van der Waals surface area contributed by atoms with Crippen LogP contribution in [0.5, 0.6) is 0 Å². The van der Waals surface area contributed by atoms with Gasteiger partial charge in [0, 0.05) is 26.9 Å². The number of pyridine rings is 1. The van der Waals surface area contributed by atoms with E-state index in [1.165, 1.54) is 0 Å². The highest BCUT2D eigenvalue weighted by molar-refractivity contribution is 5.94. The van der Waals surface area contributed by atoms with Gasteiger partial charge in [0.15, 0.2) is 5.96 Å². The average Bonchev–Trinajstić information content (AvgIpc) is 2.48. The molecule has 7 heteroatoms. The topological polar surface area (TPSA) is 87.6 Å². The average molecular weight is 293 g/mol. The number of carbonyl (C=O) groups excluding carboxylic acids is 1. The number of aromatic nitrogens is 1. The summed E-state index contributed by atoms with van der Waals surface area (Å²) in [6.07, 6.45) is 3.24. The van der Waals surface area contributed by atoms with Crippen LogP contribution in [0.2, 0.25) is 0 Å². The fourth-order valence-corrected chi connectivity index (χ4v) is 1.40. The molecule has 0 radical (unpaired) electrons. The Morgan fingerprint density at radius 1 is 1.43 bits per heavy atom. The van der Waals surface area contributed by atoms with Crippen molar-refractivity contribution in [2.45, 2.75) is 19.4 Å². The number of methoxy groups -OCH3 is 1. The lowest BCUT2D eigenvalue weighted by molar-refractivity contribution is -0.115. The first-order valence-corrected chi connectivity index (χ1v) is 6.66. The van der Waals surface area contributed by atoms with Crippen molar-refractivity contribution >= 4 is 17.6 Å². The van der Waals surface area contributed by atoms with Crippen molar-refractivity contribution < 1.29 is 9.53 Å². The van der Waals surface area contributed by atoms with Crippen molar-refractivity contribution in [2.24, 2.45) is 4.99 Å². The zero-order chi connectivity index (χ0) is 15.7. The minimum atomic E-state index is -0.310. The number of rotatable bonds is 6. The van der Waals surface area contributed by atoms with E-state index in [0.29, 0.717) is 18.2 Å². The van der Waals surface area contributed by atoms with E-state index in [9.17, 15) is 4.79 Å². The smallest absolute Gasteiger partial charge is 0.243 e. The van der Waals surface area contributed by atoms with Crippen LogP contribution in [0.25, 0.3) is 0 Å². The molecule has 0 saturated heterocycles. The summed E-state index contributed by atoms with van der Waals surface area (Å²) in [5, 5.41) is 8.77. The van der Waals surface area contributed by atoms with E-state index < -0.39 is 0 Å². The molecule has 0 aliphatic carbocycles. The third-order valence-corrected chi connectivity index (χ3v) is 2.82. The number of hydrogen-bond donors (Lipinski definition) is 3. The van der Waals surface area contributed by atoms with Crippen molar-refractivity contribution in [3.63, 3.8) is 0 Å². The summed E-state index contributed by atoms with van der Waals surface area (Å²) in [5.74, 6) is 0.374. The molecule has 0 aromatic carbocycles. The van der Waals surface area contributed by atoms with Gasteiger partial charge >= 0.3 is 0 Å². The first kappa shape index (κ1) is 16.9. The first-order valence-electron chi connectivity index (χ1n) is 6.66. The van der Waals surface area contributed by atoms with Gasteiger partial charge in [-0.25, -0.2) is 0 Å². The van der Waals surface area contributed by atoms with E-state index in [1.807, 2.05) is 13.8 Å². The maximum atomic E-state index is 11.8. The number of anilines is 1. The van der Waals surface area contributed by atoms with E-state index in [4.69, 9.17) is 4.74 Å². The second kappa shape index (κ2) is 8.21. The number of nitrogens with one attached hydrogen (secondary N) is 3. The molecule has 1 rings (SSSR count). The molecule has 21 heavy (non-hydrogen) atoms. The predicted molar refractivity (Wildman–Crippen MR) is 83.3 cm³/mol. The van der Waals surface area contributed by atoms with Crippen LogP contribution in [0.15, 0.2) is 29.5 Å². The van der Waals surface area contributed by atoms with Crippen LogP contribution in [-0.4, -0.2) is 49.7 Å². The number of amides is 1. The van der Waals surface area contributed by atoms with Crippen molar-refractivity contribution in [1.82, 2.24) is 15.6 Å². The summed E-state index contributed by atoms with van der Waals surface area (Å²) in [6.45, 7) is 4.61. The molecular weight excluding hydrogens is 270 g/mol. The minimum Gasteiger partial charge on any atom is -0.377 e. The fraction of sp³-hybridized carbons (Fsp3) is 0.500. The molecular formula is C14H23N5O2. The van der Waals surface area contributed by atoms with E-state index in [2.05, 4.69) is 25.9 Å². The van der Waals surface area contributed by atoms with Crippen molar-refractivity contribution in [3.05, 3.63) is 24.5 Å². The van der Waals surface area contributed by atoms with Crippen LogP contribution in [-0.2, 0) is 9.53 Å². The predicted octanol–water partition coefficient (Wildman–Crippen LogP) is 0.610. The molecule has 3 N–H and O–H groups in total. The molecule has 0 aliphatic heterocycles. The largest absolute Gasteiger partial charge is 0.377 e. The Bertz CT molecular complexity index is 474. The van der Waals surface area contributed by atoms with Gasteiger partial charge in [-0.15, -0.1) is 0 Å². The van der Waals surface area contributed by atoms with Gasteiger partial charge in [0.05, 0.1) is 24.0 Å². The van der Waals surface area contributed by atoms with E-state index in [1.54, 1.807) is 38.7 Å². The normalized spacial score (nSPS) is 11.9. The Morgan fingerprint density at radius 3 is 2.76 bits per heavy atom. The van der Waals surface area contributed by atoms with Gasteiger partial charge in [-0.2, -0.15) is 0 Å². The summed E-state index contributed by atoms with van der Waals surface area (Å²) in [5.41, 5.74) is 0.350. The van der Waals surface area contributed by atoms with Gasteiger partial charge in [-0.05, 0) is 26.0 Å². The summed E-state index contributed by atoms with van der Waals surface area (Å²) < 4.78 is 5.31. The second-order valence-electron chi connectivity index (χ2n) is 5.03. The Hall–Kier alpha value is -2.15. The van der Waals surface area contributed by atoms with Crippen LogP contribution in [0.1, 0.15) is 13.8 Å². The molecule has 7 nitrogen and oxygen atoms in total. The molecule has 116 valence electrons. The van der Waals surface area contributed by atoms with Crippen molar-refractivity contribution in [2.75, 3.05) is 32.6 Å². The van der Waals surface area contributed by atoms with Crippen LogP contribution in [0.4, 0.5) is 5.69 Å². The molecule has 0 saturated carbocycles. The highest BCUT2D eigenvalue weighted by Gasteiger charge is 2.16. The monoisotopic (exact) mass is 293 g/mol. The number of guanidine groups is 1. The lowest BCUT2D eigenvalue weighted by Gasteiger charge is -2.24. The lowest BCUT2D eigenvalue weighted by atomic mass is 10.1. The summed E-state index contributed by atoms with van der Waals surface area (Å²) in [6, 6.07) is 3.54. The maximum absolute atomic E-state index is 11.8. The van der Waals surface area contributed by atoms with Gasteiger partial charge in [0.1, 0.15) is 0 Å². The highest BCUT2D eigenvalue weighted by atomic mass is 16.5. The molecule has 1 aromatic rings. The highest BCUT2D eigenvalue weighted by Crippen LogP contribution is 2.04. The zero-order valence-electron chi connectivity index (χ0n) is 12.9. The molecule has 0 unspecified atom stereocenters. The number of aliphatic imine (C=N–C) groups is 1. The van der Waals surface area contributed by atoms with Gasteiger partial charge in [-0.1, -0.05) is 0 Å². The molecule has 0 aliphatic rings. The van der Waals surface area contributed by atoms with Gasteiger partial charge in [0.25, 0.3) is 0 Å². The standard InChI is InChI=1S/C14H23N5O2/c1-14(2,21-4)10-18-13(15-3)17-9-12(20)19-11-6-5-7-16-8-11/h5-8H,9-10H2,1-4H3,(H,19,20)(H2,15,17,18). The van der Waals surface area contributed by atoms with Crippen molar-refractivity contribution in [3.8, 4) is 0 Å². The molecule has 0 atom stereocenters. The summed E-state index contributed by atoms with van der Waals surface area (Å²) >= 11 is 0. The van der Waals surface area contributed by atoms with Crippen molar-refractivity contribution in [1.29, 1.82) is 0 Å². The zero-order valence-corrected chi connectivity index (χ0v) is 12.9. The molecule has 0 spiro atoms. The molecule has 1 amide bonds. The Labute approximate surface area is 125 Å². The Kier molecular flexibility index (Phi) is 6.61. The van der Waals surface area contributed by atoms with Gasteiger partial charge in [0.2, 0.25) is 5.91 Å². The lowest BCUT2D eigenvalue weighted by Crippen LogP contribution is -2.47. The van der Waals surface area contributed by atoms with Gasteiger partial charge < -0.3 is 20.7 Å². The number of ether oxygens (including phenoxy) is 1. The summed E-state index contributed by atoms with van der Waals surface area (Å²) in [7, 11) is 3.30. The minimum absolute atomic E-state index is 0.113. The molecule has 0 bridgehead atoms. The number of nitrogens with zero attached hydrogens (tertiary/aromatic N) is 2. The van der Waals surface area contributed by atoms with Crippen LogP contribution in [0, 0.1) is 0 Å². The molecule has 0 fully saturated rings. The van der Waals surface area contributed by atoms with Crippen LogP contribution in [0.3, 0.4) is 0 Å². The fourth-order valence-electron chi connectivity index (χ4n) is 1.40. The van der Waals surface area contributed by atoms with E-state index in [-0.39, 0.29) is 18.1 Å². The Morgan fingerprint density at radius 2 is 2.19 bits per heavy atom. The maximum Gasteiger partial charge on any atom is 0.243 e. The third-order valence-electron chi connectivity index (χ3n) is 2.82. The quantitative estimate of drug-likeness (QED) is 0.528. The second-order valence-corrected chi connectivity index (χ2v) is 5.03. The Balaban J connectivity index is 2.36. The van der Waals surface area contributed by atoms with Crippen LogP contribution < -0.4 is 16.0 Å². The summed E-state index contributed by atoms with van der Waals surface area (Å²) in [4.78, 5) is 19.8. The van der Waals surface area contributed by atoms with E-state index >= 15 is 0 Å². The van der Waals surface area contributed by atoms with Crippen LogP contribution >= 0.6 is 0 Å². The first-order chi connectivity index (χ1) is 9.96. The third kappa shape index (κ3) is 6.71. The SMILES string of the molecule is CN=C(NCC(=O)Nc1cccnc1)NCC(C)(C)OC. The number of carbonyl (C=O) groups is 1. The number of hydrogen-bond acceptors (Lipinski definition) is 4. The molecule has 1 aromatic heterocycles. The van der Waals surface area contributed by atoms with E-state index in [0.717, 1.165) is 0 Å².